The first-order valence-corrected chi connectivity index (χ1v) is 10.4. The van der Waals surface area contributed by atoms with E-state index in [2.05, 4.69) is 22.2 Å². The summed E-state index contributed by atoms with van der Waals surface area (Å²) < 4.78 is 0. The normalized spacial score (nSPS) is 10.6. The van der Waals surface area contributed by atoms with E-state index in [4.69, 9.17) is 23.2 Å². The van der Waals surface area contributed by atoms with Crippen LogP contribution in [0.5, 0.6) is 0 Å². The number of hydrogen-bond donors (Lipinski definition) is 1. The lowest BCUT2D eigenvalue weighted by Gasteiger charge is -2.22. The Balaban J connectivity index is 1.84. The summed E-state index contributed by atoms with van der Waals surface area (Å²) in [7, 11) is 0. The molecule has 29 heavy (non-hydrogen) atoms. The van der Waals surface area contributed by atoms with E-state index in [1.807, 2.05) is 13.0 Å². The van der Waals surface area contributed by atoms with Gasteiger partial charge in [0.15, 0.2) is 0 Å². The van der Waals surface area contributed by atoms with Gasteiger partial charge in [0, 0.05) is 42.3 Å². The number of aryl methyl sites for hydroxylation is 1. The van der Waals surface area contributed by atoms with Gasteiger partial charge in [0.25, 0.3) is 5.91 Å². The second kappa shape index (κ2) is 11.7. The lowest BCUT2D eigenvalue weighted by atomic mass is 10.1. The molecule has 0 radical (unpaired) electrons. The molecule has 0 bridgehead atoms. The van der Waals surface area contributed by atoms with Crippen LogP contribution >= 0.6 is 23.2 Å². The number of carbonyl (C=O) groups is 2. The first kappa shape index (κ1) is 23.1. The van der Waals surface area contributed by atoms with Crippen molar-refractivity contribution in [2.45, 2.75) is 39.5 Å². The largest absolute Gasteiger partial charge is 0.356 e. The average Bonchev–Trinajstić information content (AvgIpc) is 2.70. The Kier molecular flexibility index (Phi) is 9.35. The van der Waals surface area contributed by atoms with Gasteiger partial charge in [-0.2, -0.15) is 0 Å². The van der Waals surface area contributed by atoms with Crippen molar-refractivity contribution in [2.24, 2.45) is 0 Å². The van der Waals surface area contributed by atoms with Gasteiger partial charge in [0.05, 0.1) is 11.9 Å². The van der Waals surface area contributed by atoms with Gasteiger partial charge in [-0.15, -0.1) is 0 Å². The first-order chi connectivity index (χ1) is 13.9. The summed E-state index contributed by atoms with van der Waals surface area (Å²) in [5, 5.41) is 4.04. The zero-order chi connectivity index (χ0) is 21.2. The summed E-state index contributed by atoms with van der Waals surface area (Å²) in [6.45, 7) is 5.26. The molecular formula is C21H26Cl2N4O2. The van der Waals surface area contributed by atoms with Crippen molar-refractivity contribution in [3.63, 3.8) is 0 Å². The van der Waals surface area contributed by atoms with Crippen LogP contribution in [0.1, 0.15) is 47.9 Å². The fraction of sp³-hybridized carbons (Fsp3) is 0.429. The molecule has 1 heterocycles. The van der Waals surface area contributed by atoms with Crippen LogP contribution in [0.15, 0.2) is 30.6 Å². The minimum Gasteiger partial charge on any atom is -0.356 e. The molecule has 2 rings (SSSR count). The molecule has 1 aromatic heterocycles. The highest BCUT2D eigenvalue weighted by Crippen LogP contribution is 2.21. The van der Waals surface area contributed by atoms with E-state index in [0.29, 0.717) is 41.8 Å². The summed E-state index contributed by atoms with van der Waals surface area (Å²) in [5.41, 5.74) is 1.97. The predicted molar refractivity (Wildman–Crippen MR) is 115 cm³/mol. The number of rotatable bonds is 10. The summed E-state index contributed by atoms with van der Waals surface area (Å²) in [5.74, 6) is -0.314. The molecule has 6 nitrogen and oxygen atoms in total. The van der Waals surface area contributed by atoms with Crippen LogP contribution in [0, 0.1) is 6.92 Å². The molecule has 0 spiro atoms. The third kappa shape index (κ3) is 7.63. The summed E-state index contributed by atoms with van der Waals surface area (Å²) >= 11 is 12.0. The van der Waals surface area contributed by atoms with Crippen molar-refractivity contribution in [2.75, 3.05) is 19.6 Å². The van der Waals surface area contributed by atoms with Crippen molar-refractivity contribution < 1.29 is 9.59 Å². The maximum atomic E-state index is 12.7. The number of halogens is 2. The number of hydrogen-bond acceptors (Lipinski definition) is 4. The lowest BCUT2D eigenvalue weighted by molar-refractivity contribution is -0.121. The van der Waals surface area contributed by atoms with Crippen LogP contribution in [0.25, 0.3) is 0 Å². The van der Waals surface area contributed by atoms with Gasteiger partial charge in [-0.05, 0) is 37.5 Å². The highest BCUT2D eigenvalue weighted by atomic mass is 35.5. The molecule has 8 heteroatoms. The Hall–Kier alpha value is -2.18. The quantitative estimate of drug-likeness (QED) is 0.608. The van der Waals surface area contributed by atoms with E-state index in [1.165, 1.54) is 6.20 Å². The van der Waals surface area contributed by atoms with Crippen LogP contribution in [-0.2, 0) is 11.2 Å². The highest BCUT2D eigenvalue weighted by Gasteiger charge is 2.18. The number of nitrogens with zero attached hydrogens (tertiary/aromatic N) is 3. The highest BCUT2D eigenvalue weighted by molar-refractivity contribution is 6.35. The Morgan fingerprint density at radius 3 is 2.59 bits per heavy atom. The third-order valence-corrected chi connectivity index (χ3v) is 5.00. The van der Waals surface area contributed by atoms with E-state index < -0.39 is 0 Å². The van der Waals surface area contributed by atoms with Crippen molar-refractivity contribution in [3.8, 4) is 0 Å². The average molecular weight is 437 g/mol. The molecule has 0 saturated carbocycles. The van der Waals surface area contributed by atoms with E-state index >= 15 is 0 Å². The van der Waals surface area contributed by atoms with E-state index in [9.17, 15) is 9.59 Å². The molecule has 1 aromatic carbocycles. The Bertz CT molecular complexity index is 828. The smallest absolute Gasteiger partial charge is 0.274 e. The summed E-state index contributed by atoms with van der Waals surface area (Å²) in [6, 6.07) is 5.31. The van der Waals surface area contributed by atoms with Gasteiger partial charge in [-0.3, -0.25) is 14.6 Å². The number of amides is 2. The zero-order valence-electron chi connectivity index (χ0n) is 16.8. The van der Waals surface area contributed by atoms with Gasteiger partial charge in [-0.1, -0.05) is 42.6 Å². The van der Waals surface area contributed by atoms with E-state index in [1.54, 1.807) is 23.2 Å². The molecular weight excluding hydrogens is 411 g/mol. The number of nitrogens with one attached hydrogen (secondary N) is 1. The summed E-state index contributed by atoms with van der Waals surface area (Å²) in [4.78, 5) is 34.9. The van der Waals surface area contributed by atoms with Crippen molar-refractivity contribution in [1.29, 1.82) is 0 Å². The fourth-order valence-electron chi connectivity index (χ4n) is 2.71. The molecule has 2 aromatic rings. The third-order valence-electron chi connectivity index (χ3n) is 4.41. The molecule has 0 unspecified atom stereocenters. The molecule has 0 aliphatic carbocycles. The lowest BCUT2D eigenvalue weighted by Crippen LogP contribution is -2.36. The van der Waals surface area contributed by atoms with Crippen LogP contribution < -0.4 is 5.32 Å². The Morgan fingerprint density at radius 2 is 1.93 bits per heavy atom. The zero-order valence-corrected chi connectivity index (χ0v) is 18.3. The number of aromatic nitrogens is 2. The van der Waals surface area contributed by atoms with E-state index in [0.717, 1.165) is 24.1 Å². The van der Waals surface area contributed by atoms with Gasteiger partial charge < -0.3 is 10.2 Å². The molecule has 0 aliphatic heterocycles. The Morgan fingerprint density at radius 1 is 1.14 bits per heavy atom. The van der Waals surface area contributed by atoms with Gasteiger partial charge in [0.1, 0.15) is 5.69 Å². The SMILES string of the molecule is CCCCN(CCC(=O)NCCc1ccc(Cl)cc1Cl)C(=O)c1cnc(C)cn1. The number of carbonyl (C=O) groups excluding carboxylic acids is 2. The first-order valence-electron chi connectivity index (χ1n) is 9.69. The van der Waals surface area contributed by atoms with Crippen molar-refractivity contribution in [1.82, 2.24) is 20.2 Å². The molecule has 0 aliphatic rings. The van der Waals surface area contributed by atoms with Gasteiger partial charge in [0.2, 0.25) is 5.91 Å². The van der Waals surface area contributed by atoms with Crippen molar-refractivity contribution >= 4 is 35.0 Å². The molecule has 0 atom stereocenters. The molecule has 156 valence electrons. The molecule has 0 fully saturated rings. The monoisotopic (exact) mass is 436 g/mol. The van der Waals surface area contributed by atoms with Gasteiger partial charge >= 0.3 is 0 Å². The standard InChI is InChI=1S/C21H26Cl2N4O2/c1-3-4-10-27(21(29)19-14-25-15(2)13-26-19)11-8-20(28)24-9-7-16-5-6-17(22)12-18(16)23/h5-6,12-14H,3-4,7-11H2,1-2H3,(H,24,28). The van der Waals surface area contributed by atoms with Crippen molar-refractivity contribution in [3.05, 3.63) is 57.6 Å². The van der Waals surface area contributed by atoms with Crippen LogP contribution in [0.4, 0.5) is 0 Å². The van der Waals surface area contributed by atoms with Crippen LogP contribution in [-0.4, -0.2) is 46.3 Å². The van der Waals surface area contributed by atoms with Gasteiger partial charge in [-0.25, -0.2) is 4.98 Å². The Labute approximate surface area is 181 Å². The number of unbranched alkanes of at least 4 members (excludes halogenated alkanes) is 1. The second-order valence-corrected chi connectivity index (χ2v) is 7.62. The number of benzene rings is 1. The maximum absolute atomic E-state index is 12.7. The minimum atomic E-state index is -0.202. The van der Waals surface area contributed by atoms with E-state index in [-0.39, 0.29) is 18.2 Å². The second-order valence-electron chi connectivity index (χ2n) is 6.77. The topological polar surface area (TPSA) is 75.2 Å². The summed E-state index contributed by atoms with van der Waals surface area (Å²) in [6.07, 6.45) is 5.70. The predicted octanol–water partition coefficient (Wildman–Crippen LogP) is 4.08. The minimum absolute atomic E-state index is 0.112. The fourth-order valence-corrected chi connectivity index (χ4v) is 3.22. The molecule has 0 saturated heterocycles. The maximum Gasteiger partial charge on any atom is 0.274 e. The van der Waals surface area contributed by atoms with Crippen LogP contribution in [0.2, 0.25) is 10.0 Å². The van der Waals surface area contributed by atoms with Crippen LogP contribution in [0.3, 0.4) is 0 Å². The molecule has 2 amide bonds. The molecule has 1 N–H and O–H groups in total.